The Morgan fingerprint density at radius 2 is 2.14 bits per heavy atom. The zero-order chi connectivity index (χ0) is 10.1. The molecular formula is C11H14N2S. The van der Waals surface area contributed by atoms with Gasteiger partial charge in [0.1, 0.15) is 0 Å². The Kier molecular flexibility index (Phi) is 2.42. The Balaban J connectivity index is 2.39. The molecule has 0 fully saturated rings. The fraction of sp³-hybridized carbons (Fsp3) is 0.364. The van der Waals surface area contributed by atoms with E-state index in [0.29, 0.717) is 5.92 Å². The van der Waals surface area contributed by atoms with Crippen LogP contribution in [-0.4, -0.2) is 9.55 Å². The van der Waals surface area contributed by atoms with Gasteiger partial charge in [0.25, 0.3) is 0 Å². The van der Waals surface area contributed by atoms with Crippen molar-refractivity contribution in [3.63, 3.8) is 0 Å². The van der Waals surface area contributed by atoms with E-state index in [4.69, 9.17) is 0 Å². The average molecular weight is 206 g/mol. The van der Waals surface area contributed by atoms with Crippen LogP contribution in [0, 0.1) is 0 Å². The summed E-state index contributed by atoms with van der Waals surface area (Å²) in [6.07, 6.45) is 3.75. The fourth-order valence-corrected chi connectivity index (χ4v) is 2.46. The summed E-state index contributed by atoms with van der Waals surface area (Å²) >= 11 is 1.85. The average Bonchev–Trinajstić information content (AvgIpc) is 2.71. The molecule has 3 heteroatoms. The van der Waals surface area contributed by atoms with Crippen LogP contribution in [0.5, 0.6) is 0 Å². The SMILES string of the molecule is CC(C)c1ccc(-c2cncn2C)s1. The Labute approximate surface area is 88.2 Å². The monoisotopic (exact) mass is 206 g/mol. The van der Waals surface area contributed by atoms with E-state index in [1.165, 1.54) is 15.4 Å². The minimum atomic E-state index is 0.613. The maximum absolute atomic E-state index is 4.12. The third-order valence-corrected chi connectivity index (χ3v) is 3.67. The van der Waals surface area contributed by atoms with Crippen molar-refractivity contribution in [3.05, 3.63) is 29.5 Å². The Bertz CT molecular complexity index is 426. The Morgan fingerprint density at radius 1 is 1.36 bits per heavy atom. The molecule has 2 aromatic rings. The molecule has 2 nitrogen and oxygen atoms in total. The molecule has 2 aromatic heterocycles. The number of rotatable bonds is 2. The van der Waals surface area contributed by atoms with Crippen LogP contribution in [0.1, 0.15) is 24.6 Å². The van der Waals surface area contributed by atoms with Crippen LogP contribution in [0.25, 0.3) is 10.6 Å². The topological polar surface area (TPSA) is 17.8 Å². The first-order valence-electron chi connectivity index (χ1n) is 4.75. The van der Waals surface area contributed by atoms with Crippen molar-refractivity contribution in [2.45, 2.75) is 19.8 Å². The van der Waals surface area contributed by atoms with Crippen LogP contribution in [0.3, 0.4) is 0 Å². The predicted octanol–water partition coefficient (Wildman–Crippen LogP) is 3.27. The highest BCUT2D eigenvalue weighted by molar-refractivity contribution is 7.15. The third-order valence-electron chi connectivity index (χ3n) is 2.26. The van der Waals surface area contributed by atoms with Gasteiger partial charge in [0, 0.05) is 11.9 Å². The van der Waals surface area contributed by atoms with Crippen LogP contribution < -0.4 is 0 Å². The van der Waals surface area contributed by atoms with E-state index in [1.54, 1.807) is 0 Å². The molecule has 2 heterocycles. The molecule has 0 aliphatic rings. The summed E-state index contributed by atoms with van der Waals surface area (Å²) in [5.74, 6) is 0.613. The molecule has 74 valence electrons. The molecule has 0 saturated heterocycles. The maximum atomic E-state index is 4.12. The number of nitrogens with zero attached hydrogens (tertiary/aromatic N) is 2. The number of aromatic nitrogens is 2. The highest BCUT2D eigenvalue weighted by Gasteiger charge is 2.07. The lowest BCUT2D eigenvalue weighted by Gasteiger charge is -1.99. The van der Waals surface area contributed by atoms with E-state index in [0.717, 1.165) is 0 Å². The highest BCUT2D eigenvalue weighted by Crippen LogP contribution is 2.31. The standard InChI is InChI=1S/C11H14N2S/c1-8(2)10-4-5-11(14-10)9-6-12-7-13(9)3/h4-8H,1-3H3. The van der Waals surface area contributed by atoms with Gasteiger partial charge in [-0.25, -0.2) is 4.98 Å². The van der Waals surface area contributed by atoms with Crippen molar-refractivity contribution >= 4 is 11.3 Å². The number of imidazole rings is 1. The van der Waals surface area contributed by atoms with Crippen molar-refractivity contribution in [3.8, 4) is 10.6 Å². The summed E-state index contributed by atoms with van der Waals surface area (Å²) in [4.78, 5) is 6.85. The molecule has 0 aliphatic heterocycles. The molecule has 0 aliphatic carbocycles. The number of thiophene rings is 1. The van der Waals surface area contributed by atoms with Crippen molar-refractivity contribution in [1.29, 1.82) is 0 Å². The molecule has 14 heavy (non-hydrogen) atoms. The van der Waals surface area contributed by atoms with Gasteiger partial charge in [0.15, 0.2) is 0 Å². The lowest BCUT2D eigenvalue weighted by Crippen LogP contribution is -1.86. The van der Waals surface area contributed by atoms with E-state index in [9.17, 15) is 0 Å². The van der Waals surface area contributed by atoms with Gasteiger partial charge in [0.05, 0.1) is 23.1 Å². The second-order valence-electron chi connectivity index (χ2n) is 3.75. The molecular weight excluding hydrogens is 192 g/mol. The number of aryl methyl sites for hydroxylation is 1. The summed E-state index contributed by atoms with van der Waals surface area (Å²) in [5.41, 5.74) is 1.20. The molecule has 2 rings (SSSR count). The number of hydrogen-bond acceptors (Lipinski definition) is 2. The minimum absolute atomic E-state index is 0.613. The first kappa shape index (κ1) is 9.46. The lowest BCUT2D eigenvalue weighted by atomic mass is 10.2. The molecule has 0 radical (unpaired) electrons. The van der Waals surface area contributed by atoms with Gasteiger partial charge in [-0.05, 0) is 18.1 Å². The molecule has 0 atom stereocenters. The second kappa shape index (κ2) is 3.58. The van der Waals surface area contributed by atoms with E-state index in [2.05, 4.69) is 35.5 Å². The van der Waals surface area contributed by atoms with Gasteiger partial charge in [-0.15, -0.1) is 11.3 Å². The Morgan fingerprint density at radius 3 is 2.64 bits per heavy atom. The Hall–Kier alpha value is -1.09. The molecule has 0 spiro atoms. The summed E-state index contributed by atoms with van der Waals surface area (Å²) < 4.78 is 2.05. The minimum Gasteiger partial charge on any atom is -0.333 e. The summed E-state index contributed by atoms with van der Waals surface area (Å²) in [6, 6.07) is 4.38. The first-order chi connectivity index (χ1) is 6.68. The summed E-state index contributed by atoms with van der Waals surface area (Å²) in [7, 11) is 2.02. The second-order valence-corrected chi connectivity index (χ2v) is 4.86. The van der Waals surface area contributed by atoms with Gasteiger partial charge in [-0.2, -0.15) is 0 Å². The molecule has 0 bridgehead atoms. The van der Waals surface area contributed by atoms with Crippen molar-refractivity contribution < 1.29 is 0 Å². The van der Waals surface area contributed by atoms with Crippen LogP contribution in [0.2, 0.25) is 0 Å². The van der Waals surface area contributed by atoms with Crippen LogP contribution in [0.15, 0.2) is 24.7 Å². The predicted molar refractivity (Wildman–Crippen MR) is 60.6 cm³/mol. The highest BCUT2D eigenvalue weighted by atomic mass is 32.1. The van der Waals surface area contributed by atoms with Crippen molar-refractivity contribution in [1.82, 2.24) is 9.55 Å². The fourth-order valence-electron chi connectivity index (χ4n) is 1.40. The van der Waals surface area contributed by atoms with Gasteiger partial charge in [0.2, 0.25) is 0 Å². The van der Waals surface area contributed by atoms with E-state index in [-0.39, 0.29) is 0 Å². The largest absolute Gasteiger partial charge is 0.333 e. The van der Waals surface area contributed by atoms with Crippen molar-refractivity contribution in [2.24, 2.45) is 7.05 Å². The van der Waals surface area contributed by atoms with Crippen LogP contribution in [0.4, 0.5) is 0 Å². The smallest absolute Gasteiger partial charge is 0.0948 e. The molecule has 0 aromatic carbocycles. The summed E-state index contributed by atoms with van der Waals surface area (Å²) in [6.45, 7) is 4.44. The molecule has 0 saturated carbocycles. The van der Waals surface area contributed by atoms with E-state index >= 15 is 0 Å². The van der Waals surface area contributed by atoms with E-state index < -0.39 is 0 Å². The lowest BCUT2D eigenvalue weighted by molar-refractivity contribution is 0.890. The van der Waals surface area contributed by atoms with E-state index in [1.807, 2.05) is 30.9 Å². The maximum Gasteiger partial charge on any atom is 0.0948 e. The van der Waals surface area contributed by atoms with Crippen molar-refractivity contribution in [2.75, 3.05) is 0 Å². The quantitative estimate of drug-likeness (QED) is 0.737. The first-order valence-corrected chi connectivity index (χ1v) is 5.56. The molecule has 0 unspecified atom stereocenters. The van der Waals surface area contributed by atoms with Crippen LogP contribution >= 0.6 is 11.3 Å². The third kappa shape index (κ3) is 1.60. The van der Waals surface area contributed by atoms with Gasteiger partial charge >= 0.3 is 0 Å². The van der Waals surface area contributed by atoms with Gasteiger partial charge < -0.3 is 4.57 Å². The number of hydrogen-bond donors (Lipinski definition) is 0. The summed E-state index contributed by atoms with van der Waals surface area (Å²) in [5, 5.41) is 0. The van der Waals surface area contributed by atoms with Gasteiger partial charge in [-0.3, -0.25) is 0 Å². The zero-order valence-electron chi connectivity index (χ0n) is 8.69. The van der Waals surface area contributed by atoms with Crippen LogP contribution in [-0.2, 0) is 7.05 Å². The van der Waals surface area contributed by atoms with Gasteiger partial charge in [-0.1, -0.05) is 13.8 Å². The molecule has 0 amide bonds. The molecule has 0 N–H and O–H groups in total. The zero-order valence-corrected chi connectivity index (χ0v) is 9.51. The normalized spacial score (nSPS) is 11.1.